The minimum atomic E-state index is 0.0144. The number of nitrogens with two attached hydrogens (primary N) is 1. The Morgan fingerprint density at radius 1 is 1.56 bits per heavy atom. The van der Waals surface area contributed by atoms with Gasteiger partial charge in [0.15, 0.2) is 0 Å². The molecule has 0 atom stereocenters. The molecule has 16 heavy (non-hydrogen) atoms. The van der Waals surface area contributed by atoms with E-state index in [1.165, 1.54) is 0 Å². The summed E-state index contributed by atoms with van der Waals surface area (Å²) in [5.41, 5.74) is 6.64. The smallest absolute Gasteiger partial charge is 0.226 e. The average Bonchev–Trinajstić information content (AvgIpc) is 2.35. The third-order valence-electron chi connectivity index (χ3n) is 2.33. The molecule has 4 heteroatoms. The molecule has 0 aliphatic heterocycles. The van der Waals surface area contributed by atoms with Crippen molar-refractivity contribution >= 4 is 11.6 Å². The molecule has 0 heterocycles. The van der Waals surface area contributed by atoms with Crippen LogP contribution >= 0.6 is 0 Å². The lowest BCUT2D eigenvalue weighted by atomic mass is 10.2. The van der Waals surface area contributed by atoms with E-state index in [2.05, 4.69) is 0 Å². The standard InChI is InChI=1S/C12H15N3O/c1-15(12(16)6-3-7-13)11-5-2-4-10(8-11)9-14/h2,4-5,8H,3,6-7,13H2,1H3. The first-order valence-electron chi connectivity index (χ1n) is 5.16. The zero-order valence-electron chi connectivity index (χ0n) is 9.31. The monoisotopic (exact) mass is 217 g/mol. The van der Waals surface area contributed by atoms with Crippen LogP contribution in [0.2, 0.25) is 0 Å². The van der Waals surface area contributed by atoms with Crippen molar-refractivity contribution in [1.29, 1.82) is 5.26 Å². The zero-order chi connectivity index (χ0) is 12.0. The molecule has 84 valence electrons. The first-order valence-corrected chi connectivity index (χ1v) is 5.16. The molecule has 2 N–H and O–H groups in total. The lowest BCUT2D eigenvalue weighted by Crippen LogP contribution is -2.26. The van der Waals surface area contributed by atoms with Crippen LogP contribution in [-0.2, 0) is 4.79 Å². The molecule has 0 aromatic heterocycles. The molecule has 0 saturated carbocycles. The topological polar surface area (TPSA) is 70.1 Å². The highest BCUT2D eigenvalue weighted by molar-refractivity contribution is 5.92. The van der Waals surface area contributed by atoms with Crippen LogP contribution in [0, 0.1) is 11.3 Å². The fraction of sp³-hybridized carbons (Fsp3) is 0.333. The number of nitriles is 1. The Morgan fingerprint density at radius 2 is 2.31 bits per heavy atom. The molecular weight excluding hydrogens is 202 g/mol. The van der Waals surface area contributed by atoms with Crippen molar-refractivity contribution in [3.63, 3.8) is 0 Å². The fourth-order valence-corrected chi connectivity index (χ4v) is 1.35. The molecule has 0 spiro atoms. The minimum Gasteiger partial charge on any atom is -0.330 e. The molecule has 0 fully saturated rings. The molecule has 1 rings (SSSR count). The van der Waals surface area contributed by atoms with E-state index < -0.39 is 0 Å². The first-order chi connectivity index (χ1) is 7.69. The van der Waals surface area contributed by atoms with Crippen LogP contribution in [0.1, 0.15) is 18.4 Å². The van der Waals surface area contributed by atoms with E-state index in [0.29, 0.717) is 24.9 Å². The maximum atomic E-state index is 11.7. The Bertz CT molecular complexity index is 409. The number of hydrogen-bond donors (Lipinski definition) is 1. The van der Waals surface area contributed by atoms with Crippen LogP contribution in [0.5, 0.6) is 0 Å². The number of hydrogen-bond acceptors (Lipinski definition) is 3. The molecular formula is C12H15N3O. The summed E-state index contributed by atoms with van der Waals surface area (Å²) < 4.78 is 0. The van der Waals surface area contributed by atoms with Gasteiger partial charge >= 0.3 is 0 Å². The van der Waals surface area contributed by atoms with E-state index in [1.807, 2.05) is 6.07 Å². The largest absolute Gasteiger partial charge is 0.330 e. The van der Waals surface area contributed by atoms with Gasteiger partial charge in [-0.2, -0.15) is 5.26 Å². The average molecular weight is 217 g/mol. The van der Waals surface area contributed by atoms with Gasteiger partial charge in [0.2, 0.25) is 5.91 Å². The van der Waals surface area contributed by atoms with Gasteiger partial charge in [0.05, 0.1) is 11.6 Å². The van der Waals surface area contributed by atoms with E-state index in [-0.39, 0.29) is 5.91 Å². The highest BCUT2D eigenvalue weighted by atomic mass is 16.2. The van der Waals surface area contributed by atoms with Gasteiger partial charge in [-0.1, -0.05) is 6.07 Å². The van der Waals surface area contributed by atoms with Gasteiger partial charge in [-0.3, -0.25) is 4.79 Å². The summed E-state index contributed by atoms with van der Waals surface area (Å²) >= 11 is 0. The van der Waals surface area contributed by atoms with E-state index in [9.17, 15) is 4.79 Å². The van der Waals surface area contributed by atoms with Gasteiger partial charge in [0, 0.05) is 19.2 Å². The lowest BCUT2D eigenvalue weighted by molar-refractivity contribution is -0.118. The van der Waals surface area contributed by atoms with Crippen molar-refractivity contribution in [2.75, 3.05) is 18.5 Å². The molecule has 0 saturated heterocycles. The maximum absolute atomic E-state index is 11.7. The SMILES string of the molecule is CN(C(=O)CCCN)c1cccc(C#N)c1. The van der Waals surface area contributed by atoms with Crippen LogP contribution in [0.4, 0.5) is 5.69 Å². The zero-order valence-corrected chi connectivity index (χ0v) is 9.31. The summed E-state index contributed by atoms with van der Waals surface area (Å²) in [5, 5.41) is 8.75. The summed E-state index contributed by atoms with van der Waals surface area (Å²) in [6, 6.07) is 9.02. The molecule has 1 aromatic rings. The highest BCUT2D eigenvalue weighted by Crippen LogP contribution is 2.15. The van der Waals surface area contributed by atoms with Crippen molar-refractivity contribution in [2.24, 2.45) is 5.73 Å². The quantitative estimate of drug-likeness (QED) is 0.825. The summed E-state index contributed by atoms with van der Waals surface area (Å²) in [6.45, 7) is 0.512. The lowest BCUT2D eigenvalue weighted by Gasteiger charge is -2.17. The number of nitrogens with zero attached hydrogens (tertiary/aromatic N) is 2. The number of carbonyl (C=O) groups is 1. The predicted octanol–water partition coefficient (Wildman–Crippen LogP) is 1.26. The Labute approximate surface area is 95.3 Å². The Kier molecular flexibility index (Phi) is 4.49. The van der Waals surface area contributed by atoms with Crippen molar-refractivity contribution < 1.29 is 4.79 Å². The second kappa shape index (κ2) is 5.89. The van der Waals surface area contributed by atoms with Gasteiger partial charge < -0.3 is 10.6 Å². The number of amides is 1. The van der Waals surface area contributed by atoms with Crippen molar-refractivity contribution in [1.82, 2.24) is 0 Å². The number of benzene rings is 1. The number of rotatable bonds is 4. The molecule has 0 aliphatic carbocycles. The molecule has 1 aromatic carbocycles. The van der Waals surface area contributed by atoms with Crippen molar-refractivity contribution in [3.8, 4) is 6.07 Å². The molecule has 4 nitrogen and oxygen atoms in total. The van der Waals surface area contributed by atoms with E-state index in [1.54, 1.807) is 36.2 Å². The van der Waals surface area contributed by atoms with Gasteiger partial charge in [-0.25, -0.2) is 0 Å². The summed E-state index contributed by atoms with van der Waals surface area (Å²) in [7, 11) is 1.70. The third-order valence-corrected chi connectivity index (χ3v) is 2.33. The van der Waals surface area contributed by atoms with Gasteiger partial charge in [-0.15, -0.1) is 0 Å². The molecule has 0 radical (unpaired) electrons. The summed E-state index contributed by atoms with van der Waals surface area (Å²) in [5.74, 6) is 0.0144. The Morgan fingerprint density at radius 3 is 2.94 bits per heavy atom. The molecule has 1 amide bonds. The van der Waals surface area contributed by atoms with Crippen molar-refractivity contribution in [3.05, 3.63) is 29.8 Å². The van der Waals surface area contributed by atoms with Crippen LogP contribution in [0.15, 0.2) is 24.3 Å². The van der Waals surface area contributed by atoms with E-state index in [0.717, 1.165) is 5.69 Å². The molecule has 0 unspecified atom stereocenters. The second-order valence-corrected chi connectivity index (χ2v) is 3.51. The van der Waals surface area contributed by atoms with Crippen LogP contribution in [-0.4, -0.2) is 19.5 Å². The van der Waals surface area contributed by atoms with Gasteiger partial charge in [0.25, 0.3) is 0 Å². The van der Waals surface area contributed by atoms with Crippen LogP contribution in [0.3, 0.4) is 0 Å². The Balaban J connectivity index is 2.76. The number of carbonyl (C=O) groups excluding carboxylic acids is 1. The Hall–Kier alpha value is -1.86. The van der Waals surface area contributed by atoms with E-state index in [4.69, 9.17) is 11.0 Å². The maximum Gasteiger partial charge on any atom is 0.226 e. The van der Waals surface area contributed by atoms with Crippen LogP contribution in [0.25, 0.3) is 0 Å². The van der Waals surface area contributed by atoms with Crippen molar-refractivity contribution in [2.45, 2.75) is 12.8 Å². The summed E-state index contributed by atoms with van der Waals surface area (Å²) in [4.78, 5) is 13.2. The first kappa shape index (κ1) is 12.2. The highest BCUT2D eigenvalue weighted by Gasteiger charge is 2.10. The van der Waals surface area contributed by atoms with Crippen LogP contribution < -0.4 is 10.6 Å². The third kappa shape index (κ3) is 3.07. The molecule has 0 aliphatic rings. The second-order valence-electron chi connectivity index (χ2n) is 3.51. The number of anilines is 1. The fourth-order valence-electron chi connectivity index (χ4n) is 1.35. The molecule has 0 bridgehead atoms. The predicted molar refractivity (Wildman–Crippen MR) is 62.9 cm³/mol. The van der Waals surface area contributed by atoms with Gasteiger partial charge in [-0.05, 0) is 31.2 Å². The normalized spacial score (nSPS) is 9.56. The van der Waals surface area contributed by atoms with E-state index >= 15 is 0 Å². The minimum absolute atomic E-state index is 0.0144. The summed E-state index contributed by atoms with van der Waals surface area (Å²) in [6.07, 6.45) is 1.12. The van der Waals surface area contributed by atoms with Gasteiger partial charge in [0.1, 0.15) is 0 Å².